The summed E-state index contributed by atoms with van der Waals surface area (Å²) in [5.41, 5.74) is 4.57. The molecule has 0 bridgehead atoms. The number of amides is 2. The zero-order chi connectivity index (χ0) is 34.6. The molecule has 5 N–H and O–H groups in total. The van der Waals surface area contributed by atoms with E-state index in [1.165, 1.54) is 40.0 Å². The van der Waals surface area contributed by atoms with Gasteiger partial charge in [0.2, 0.25) is 0 Å². The van der Waals surface area contributed by atoms with Crippen LogP contribution >= 0.6 is 7.82 Å². The topological polar surface area (TPSA) is 238 Å². The van der Waals surface area contributed by atoms with Gasteiger partial charge in [-0.25, -0.2) is 19.2 Å². The van der Waals surface area contributed by atoms with Crippen molar-refractivity contribution in [3.63, 3.8) is 0 Å². The van der Waals surface area contributed by atoms with Gasteiger partial charge in [0.25, 0.3) is 17.6 Å². The molecule has 19 heteroatoms. The molecule has 1 atom stereocenters. The number of piperazine rings is 1. The summed E-state index contributed by atoms with van der Waals surface area (Å²) in [4.78, 5) is 62.2. The number of hydrogen-bond acceptors (Lipinski definition) is 13. The van der Waals surface area contributed by atoms with E-state index >= 15 is 0 Å². The van der Waals surface area contributed by atoms with Gasteiger partial charge in [0.15, 0.2) is 5.82 Å². The van der Waals surface area contributed by atoms with Crippen molar-refractivity contribution >= 4 is 36.3 Å². The number of methoxy groups -OCH3 is 1. The van der Waals surface area contributed by atoms with Gasteiger partial charge in [0.05, 0.1) is 49.6 Å². The van der Waals surface area contributed by atoms with Crippen LogP contribution in [0.25, 0.3) is 16.7 Å². The number of ketones is 1. The lowest BCUT2D eigenvalue weighted by Gasteiger charge is -2.34. The van der Waals surface area contributed by atoms with E-state index in [1.54, 1.807) is 42.2 Å². The van der Waals surface area contributed by atoms with Gasteiger partial charge in [-0.15, -0.1) is 0 Å². The smallest absolute Gasteiger partial charge is 0.473 e. The fraction of sp³-hybridized carbons (Fsp3) is 0.379. The van der Waals surface area contributed by atoms with E-state index in [2.05, 4.69) is 15.1 Å². The highest BCUT2D eigenvalue weighted by Gasteiger charge is 2.34. The van der Waals surface area contributed by atoms with Crippen molar-refractivity contribution in [1.29, 1.82) is 0 Å². The van der Waals surface area contributed by atoms with Gasteiger partial charge in [-0.2, -0.15) is 5.10 Å². The lowest BCUT2D eigenvalue weighted by Crippen LogP contribution is -2.52. The number of carbonyl (C=O) groups is 3. The molecule has 1 aliphatic rings. The second-order valence-electron chi connectivity index (χ2n) is 11.1. The number of fused-ring (bicyclic) bond motifs is 1. The van der Waals surface area contributed by atoms with E-state index in [4.69, 9.17) is 19.5 Å². The molecule has 0 aliphatic carbocycles. The van der Waals surface area contributed by atoms with Crippen LogP contribution in [0.1, 0.15) is 26.5 Å². The molecule has 0 spiro atoms. The first-order valence-corrected chi connectivity index (χ1v) is 16.1. The number of aliphatic hydroxyl groups excluding tert-OH is 2. The molecule has 1 aromatic carbocycles. The number of nitrogens with two attached hydrogens (primary N) is 1. The molecule has 1 fully saturated rings. The van der Waals surface area contributed by atoms with Crippen LogP contribution in [-0.2, 0) is 25.1 Å². The molecule has 0 saturated carbocycles. The number of hydrogen-bond donors (Lipinski definition) is 4. The Morgan fingerprint density at radius 3 is 2.29 bits per heavy atom. The van der Waals surface area contributed by atoms with Crippen molar-refractivity contribution in [2.45, 2.75) is 19.2 Å². The summed E-state index contributed by atoms with van der Waals surface area (Å²) in [5.74, 6) is -1.28. The first kappa shape index (κ1) is 34.8. The molecule has 4 heterocycles. The molecule has 2 amide bonds. The Bertz CT molecular complexity index is 1850. The number of pyridine rings is 1. The maximum atomic E-state index is 13.9. The number of Topliss-reactive ketones (excluding diaryl/α,β-unsaturated/α-hetero) is 1. The zero-order valence-corrected chi connectivity index (χ0v) is 27.0. The van der Waals surface area contributed by atoms with Gasteiger partial charge in [-0.1, -0.05) is 18.2 Å². The Morgan fingerprint density at radius 2 is 1.69 bits per heavy atom. The van der Waals surface area contributed by atoms with Crippen molar-refractivity contribution in [3.05, 3.63) is 66.0 Å². The third-order valence-corrected chi connectivity index (χ3v) is 8.60. The fourth-order valence-corrected chi connectivity index (χ4v) is 5.76. The van der Waals surface area contributed by atoms with E-state index in [-0.39, 0.29) is 60.1 Å². The Hall–Kier alpha value is -4.55. The van der Waals surface area contributed by atoms with Gasteiger partial charge in [-0.05, 0) is 19.1 Å². The van der Waals surface area contributed by atoms with Gasteiger partial charge in [-0.3, -0.25) is 23.4 Å². The summed E-state index contributed by atoms with van der Waals surface area (Å²) in [5, 5.41) is 23.2. The monoisotopic (exact) mass is 686 g/mol. The molecule has 0 radical (unpaired) electrons. The first-order chi connectivity index (χ1) is 22.9. The standard InChI is InChI=1S/C29H35N8O10P/c1-19-32-17-37(33-19)26-24-23(22(45-2)12-31-26)21(13-36(24)18-47-48(43,44)46-16-29(30,14-38)15-39)25(40)28(42)35-10-8-34(9-11-35)27(41)20-6-4-3-5-7-20/h3-7,12-13,17,38-39H,8-11,14-16,18,30H2,1-2H3,(H,43,44). The van der Waals surface area contributed by atoms with E-state index in [1.807, 2.05) is 0 Å². The number of aliphatic hydroxyl groups is 2. The average molecular weight is 687 g/mol. The average Bonchev–Trinajstić information content (AvgIpc) is 3.73. The summed E-state index contributed by atoms with van der Waals surface area (Å²) in [6, 6.07) is 8.74. The van der Waals surface area contributed by atoms with Crippen molar-refractivity contribution < 1.29 is 47.8 Å². The van der Waals surface area contributed by atoms with Crippen molar-refractivity contribution in [2.24, 2.45) is 5.73 Å². The quantitative estimate of drug-likeness (QED) is 0.0815. The highest BCUT2D eigenvalue weighted by Crippen LogP contribution is 2.45. The number of nitrogens with zero attached hydrogens (tertiary/aromatic N) is 7. The summed E-state index contributed by atoms with van der Waals surface area (Å²) < 4.78 is 30.9. The molecule has 1 saturated heterocycles. The number of phosphoric acid groups is 1. The third kappa shape index (κ3) is 7.29. The first-order valence-electron chi connectivity index (χ1n) is 14.6. The number of aryl methyl sites for hydroxylation is 1. The fourth-order valence-electron chi connectivity index (χ4n) is 4.99. The van der Waals surface area contributed by atoms with Crippen LogP contribution in [0, 0.1) is 6.92 Å². The summed E-state index contributed by atoms with van der Waals surface area (Å²) in [6.07, 6.45) is 3.96. The Kier molecular flexibility index (Phi) is 10.4. The summed E-state index contributed by atoms with van der Waals surface area (Å²) in [6.45, 7) is -0.591. The number of rotatable bonds is 13. The SMILES string of the molecule is COc1cnc(-n2cnc(C)n2)c2c1c(C(=O)C(=O)N1CCN(C(=O)c3ccccc3)CC1)cn2COP(=O)(O)OCC(N)(CO)CO. The molecule has 48 heavy (non-hydrogen) atoms. The Morgan fingerprint density at radius 1 is 1.02 bits per heavy atom. The molecule has 5 rings (SSSR count). The molecule has 18 nitrogen and oxygen atoms in total. The molecular weight excluding hydrogens is 651 g/mol. The molecule has 3 aromatic heterocycles. The van der Waals surface area contributed by atoms with Crippen LogP contribution in [0.5, 0.6) is 5.75 Å². The summed E-state index contributed by atoms with van der Waals surface area (Å²) >= 11 is 0. The van der Waals surface area contributed by atoms with E-state index in [0.717, 1.165) is 0 Å². The minimum absolute atomic E-state index is 0.112. The minimum atomic E-state index is -4.85. The second kappa shape index (κ2) is 14.3. The second-order valence-corrected chi connectivity index (χ2v) is 12.5. The van der Waals surface area contributed by atoms with E-state index in [0.29, 0.717) is 11.4 Å². The Labute approximate surface area is 273 Å². The van der Waals surface area contributed by atoms with Gasteiger partial charge >= 0.3 is 7.82 Å². The number of benzene rings is 1. The van der Waals surface area contributed by atoms with Gasteiger partial charge in [0, 0.05) is 37.9 Å². The number of ether oxygens (including phenoxy) is 1. The lowest BCUT2D eigenvalue weighted by atomic mass is 10.1. The van der Waals surface area contributed by atoms with Crippen LogP contribution in [0.15, 0.2) is 49.1 Å². The van der Waals surface area contributed by atoms with Crippen molar-refractivity contribution in [1.82, 2.24) is 34.1 Å². The molecular formula is C29H35N8O10P. The maximum Gasteiger partial charge on any atom is 0.473 e. The predicted octanol–water partition coefficient (Wildman–Crippen LogP) is -0.125. The van der Waals surface area contributed by atoms with E-state index in [9.17, 15) is 34.1 Å². The number of phosphoric ester groups is 1. The third-order valence-electron chi connectivity index (χ3n) is 7.70. The molecule has 1 unspecified atom stereocenters. The number of carbonyl (C=O) groups excluding carboxylic acids is 3. The van der Waals surface area contributed by atoms with Crippen LogP contribution in [-0.4, -0.2) is 125 Å². The molecule has 256 valence electrons. The largest absolute Gasteiger partial charge is 0.494 e. The predicted molar refractivity (Wildman–Crippen MR) is 167 cm³/mol. The van der Waals surface area contributed by atoms with Crippen LogP contribution < -0.4 is 10.5 Å². The van der Waals surface area contributed by atoms with Crippen molar-refractivity contribution in [2.75, 3.05) is 53.1 Å². The summed E-state index contributed by atoms with van der Waals surface area (Å²) in [7, 11) is -3.51. The highest BCUT2D eigenvalue weighted by molar-refractivity contribution is 7.47. The van der Waals surface area contributed by atoms with Gasteiger partial charge < -0.3 is 39.9 Å². The Balaban J connectivity index is 1.45. The van der Waals surface area contributed by atoms with Crippen LogP contribution in [0.3, 0.4) is 0 Å². The maximum absolute atomic E-state index is 13.9. The van der Waals surface area contributed by atoms with E-state index < -0.39 is 51.6 Å². The minimum Gasteiger partial charge on any atom is -0.494 e. The lowest BCUT2D eigenvalue weighted by molar-refractivity contribution is -0.127. The van der Waals surface area contributed by atoms with Crippen LogP contribution in [0.2, 0.25) is 0 Å². The van der Waals surface area contributed by atoms with Crippen LogP contribution in [0.4, 0.5) is 0 Å². The molecule has 4 aromatic rings. The highest BCUT2D eigenvalue weighted by atomic mass is 31.2. The normalized spacial score (nSPS) is 15.0. The van der Waals surface area contributed by atoms with Gasteiger partial charge in [0.1, 0.15) is 30.1 Å². The number of aromatic nitrogens is 5. The van der Waals surface area contributed by atoms with Crippen molar-refractivity contribution in [3.8, 4) is 11.6 Å². The molecule has 1 aliphatic heterocycles. The zero-order valence-electron chi connectivity index (χ0n) is 26.1.